The van der Waals surface area contributed by atoms with Gasteiger partial charge in [-0.2, -0.15) is 0 Å². The van der Waals surface area contributed by atoms with Crippen LogP contribution in [-0.4, -0.2) is 59.3 Å². The summed E-state index contributed by atoms with van der Waals surface area (Å²) in [5.41, 5.74) is 2.38. The van der Waals surface area contributed by atoms with Crippen LogP contribution in [0.3, 0.4) is 0 Å². The van der Waals surface area contributed by atoms with E-state index in [0.29, 0.717) is 24.7 Å². The van der Waals surface area contributed by atoms with E-state index in [4.69, 9.17) is 9.47 Å². The summed E-state index contributed by atoms with van der Waals surface area (Å²) < 4.78 is 50.9. The van der Waals surface area contributed by atoms with Gasteiger partial charge in [-0.3, -0.25) is 0 Å². The number of hydrogen-bond donors (Lipinski definition) is 1. The van der Waals surface area contributed by atoms with Gasteiger partial charge in [0.2, 0.25) is 10.0 Å². The summed E-state index contributed by atoms with van der Waals surface area (Å²) in [6.07, 6.45) is 6.34. The lowest BCUT2D eigenvalue weighted by Gasteiger charge is -2.33. The number of benzene rings is 2. The molecule has 1 saturated heterocycles. The molecular weight excluding hydrogens is 455 g/mol. The maximum atomic E-state index is 12.4. The zero-order valence-electron chi connectivity index (χ0n) is 19.7. The predicted octanol–water partition coefficient (Wildman–Crippen LogP) is 4.27. The van der Waals surface area contributed by atoms with Crippen molar-refractivity contribution in [2.75, 3.05) is 37.6 Å². The Bertz CT molecular complexity index is 995. The first-order chi connectivity index (χ1) is 16.4. The second kappa shape index (κ2) is 11.5. The average Bonchev–Trinajstić information content (AvgIpc) is 3.23. The van der Waals surface area contributed by atoms with Gasteiger partial charge in [-0.05, 0) is 67.9 Å². The number of alkyl halides is 1. The third-order valence-corrected chi connectivity index (χ3v) is 7.60. The van der Waals surface area contributed by atoms with E-state index < -0.39 is 16.7 Å². The molecule has 0 spiro atoms. The standard InChI is InChI=1S/C26H35FN2O4S/c1-34(30,31)28-25-15-17-29(22-9-13-23(14-10-22)32-18-16-27)26(25)19-33-24-11-7-21(8-12-24)20-5-3-2-4-6-20/h2-6,9-10,13-14,21,24-26,28H,7-8,11-12,15-19H2,1H3/t21?,24?,25-,26-/m0/s1. The lowest BCUT2D eigenvalue weighted by atomic mass is 9.83. The predicted molar refractivity (Wildman–Crippen MR) is 133 cm³/mol. The molecule has 1 heterocycles. The Hall–Kier alpha value is -2.16. The summed E-state index contributed by atoms with van der Waals surface area (Å²) in [4.78, 5) is 2.21. The van der Waals surface area contributed by atoms with Crippen LogP contribution in [0.15, 0.2) is 54.6 Å². The molecule has 8 heteroatoms. The summed E-state index contributed by atoms with van der Waals surface area (Å²) in [5, 5.41) is 0. The molecule has 1 aliphatic carbocycles. The van der Waals surface area contributed by atoms with Gasteiger partial charge in [-0.1, -0.05) is 30.3 Å². The first-order valence-electron chi connectivity index (χ1n) is 12.1. The van der Waals surface area contributed by atoms with Crippen LogP contribution in [0.4, 0.5) is 10.1 Å². The van der Waals surface area contributed by atoms with E-state index in [0.717, 1.165) is 37.9 Å². The molecule has 186 valence electrons. The zero-order chi connectivity index (χ0) is 24.0. The molecule has 0 amide bonds. The van der Waals surface area contributed by atoms with Crippen LogP contribution in [0.25, 0.3) is 0 Å². The van der Waals surface area contributed by atoms with Crippen LogP contribution in [0, 0.1) is 0 Å². The summed E-state index contributed by atoms with van der Waals surface area (Å²) in [6.45, 7) is 0.701. The fourth-order valence-electron chi connectivity index (χ4n) is 5.21. The Morgan fingerprint density at radius 3 is 2.35 bits per heavy atom. The third-order valence-electron chi connectivity index (χ3n) is 6.87. The first kappa shape index (κ1) is 24.9. The topological polar surface area (TPSA) is 67.9 Å². The number of nitrogens with zero attached hydrogens (tertiary/aromatic N) is 1. The molecule has 2 atom stereocenters. The molecule has 1 aliphatic heterocycles. The van der Waals surface area contributed by atoms with Crippen LogP contribution in [0.5, 0.6) is 5.75 Å². The Morgan fingerprint density at radius 2 is 1.71 bits per heavy atom. The highest BCUT2D eigenvalue weighted by Crippen LogP contribution is 2.35. The van der Waals surface area contributed by atoms with Crippen molar-refractivity contribution in [3.63, 3.8) is 0 Å². The molecule has 0 aromatic heterocycles. The van der Waals surface area contributed by atoms with Gasteiger partial charge in [-0.25, -0.2) is 17.5 Å². The number of sulfonamides is 1. The van der Waals surface area contributed by atoms with Crippen LogP contribution in [0.1, 0.15) is 43.6 Å². The van der Waals surface area contributed by atoms with E-state index in [-0.39, 0.29) is 24.8 Å². The summed E-state index contributed by atoms with van der Waals surface area (Å²) in [7, 11) is -3.33. The summed E-state index contributed by atoms with van der Waals surface area (Å²) in [6, 6.07) is 17.9. The van der Waals surface area contributed by atoms with Gasteiger partial charge in [0.25, 0.3) is 0 Å². The Balaban J connectivity index is 1.38. The minimum atomic E-state index is -3.33. The van der Waals surface area contributed by atoms with E-state index in [1.165, 1.54) is 11.8 Å². The van der Waals surface area contributed by atoms with Crippen molar-refractivity contribution < 1.29 is 22.3 Å². The minimum absolute atomic E-state index is 0.0341. The van der Waals surface area contributed by atoms with Gasteiger partial charge < -0.3 is 14.4 Å². The Morgan fingerprint density at radius 1 is 1.00 bits per heavy atom. The first-order valence-corrected chi connectivity index (χ1v) is 14.0. The normalized spacial score (nSPS) is 25.4. The maximum absolute atomic E-state index is 12.4. The molecule has 2 aliphatic rings. The van der Waals surface area contributed by atoms with Gasteiger partial charge in [0.1, 0.15) is 19.0 Å². The Labute approximate surface area is 202 Å². The van der Waals surface area contributed by atoms with Gasteiger partial charge in [0.05, 0.1) is 25.0 Å². The Kier molecular flexibility index (Phi) is 8.45. The number of rotatable bonds is 10. The number of ether oxygens (including phenoxy) is 2. The molecule has 4 rings (SSSR count). The van der Waals surface area contributed by atoms with Crippen molar-refractivity contribution >= 4 is 15.7 Å². The monoisotopic (exact) mass is 490 g/mol. The van der Waals surface area contributed by atoms with Crippen molar-refractivity contribution in [1.29, 1.82) is 0 Å². The van der Waals surface area contributed by atoms with Crippen LogP contribution < -0.4 is 14.4 Å². The van der Waals surface area contributed by atoms with Crippen molar-refractivity contribution in [3.05, 3.63) is 60.2 Å². The fraction of sp³-hybridized carbons (Fsp3) is 0.538. The van der Waals surface area contributed by atoms with E-state index >= 15 is 0 Å². The van der Waals surface area contributed by atoms with Crippen molar-refractivity contribution in [2.45, 2.75) is 56.2 Å². The quantitative estimate of drug-likeness (QED) is 0.539. The van der Waals surface area contributed by atoms with Gasteiger partial charge in [0.15, 0.2) is 0 Å². The zero-order valence-corrected chi connectivity index (χ0v) is 20.6. The van der Waals surface area contributed by atoms with E-state index in [2.05, 4.69) is 40.0 Å². The molecular formula is C26H35FN2O4S. The largest absolute Gasteiger partial charge is 0.491 e. The van der Waals surface area contributed by atoms with Crippen molar-refractivity contribution in [1.82, 2.24) is 4.72 Å². The highest BCUT2D eigenvalue weighted by molar-refractivity contribution is 7.88. The number of hydrogen-bond acceptors (Lipinski definition) is 5. The van der Waals surface area contributed by atoms with Gasteiger partial charge in [0, 0.05) is 18.3 Å². The average molecular weight is 491 g/mol. The second-order valence-corrected chi connectivity index (χ2v) is 11.1. The van der Waals surface area contributed by atoms with Gasteiger partial charge >= 0.3 is 0 Å². The molecule has 0 unspecified atom stereocenters. The lowest BCUT2D eigenvalue weighted by Crippen LogP contribution is -2.48. The minimum Gasteiger partial charge on any atom is -0.491 e. The van der Waals surface area contributed by atoms with E-state index in [1.54, 1.807) is 0 Å². The molecule has 34 heavy (non-hydrogen) atoms. The number of halogens is 1. The summed E-state index contributed by atoms with van der Waals surface area (Å²) in [5.74, 6) is 1.20. The number of nitrogens with one attached hydrogen (secondary N) is 1. The van der Waals surface area contributed by atoms with Crippen molar-refractivity contribution in [3.8, 4) is 5.75 Å². The highest BCUT2D eigenvalue weighted by Gasteiger charge is 2.37. The highest BCUT2D eigenvalue weighted by atomic mass is 32.2. The fourth-order valence-corrected chi connectivity index (χ4v) is 6.03. The molecule has 2 fully saturated rings. The molecule has 1 saturated carbocycles. The molecule has 0 radical (unpaired) electrons. The van der Waals surface area contributed by atoms with Crippen LogP contribution in [0.2, 0.25) is 0 Å². The second-order valence-electron chi connectivity index (χ2n) is 9.29. The third kappa shape index (κ3) is 6.71. The maximum Gasteiger partial charge on any atom is 0.209 e. The van der Waals surface area contributed by atoms with Gasteiger partial charge in [-0.15, -0.1) is 0 Å². The van der Waals surface area contributed by atoms with E-state index in [9.17, 15) is 12.8 Å². The van der Waals surface area contributed by atoms with Crippen LogP contribution in [-0.2, 0) is 14.8 Å². The molecule has 0 bridgehead atoms. The van der Waals surface area contributed by atoms with Crippen molar-refractivity contribution in [2.24, 2.45) is 0 Å². The lowest BCUT2D eigenvalue weighted by molar-refractivity contribution is 0.0157. The number of anilines is 1. The molecule has 2 aromatic carbocycles. The molecule has 6 nitrogen and oxygen atoms in total. The smallest absolute Gasteiger partial charge is 0.209 e. The molecule has 1 N–H and O–H groups in total. The van der Waals surface area contributed by atoms with E-state index in [1.807, 2.05) is 24.3 Å². The van der Waals surface area contributed by atoms with Crippen LogP contribution >= 0.6 is 0 Å². The molecule has 2 aromatic rings. The SMILES string of the molecule is CS(=O)(=O)N[C@H]1CCN(c2ccc(OCCF)cc2)[C@H]1COC1CCC(c2ccccc2)CC1. The summed E-state index contributed by atoms with van der Waals surface area (Å²) >= 11 is 0.